The normalized spacial score (nSPS) is 33.8. The van der Waals surface area contributed by atoms with Gasteiger partial charge in [0.1, 0.15) is 11.4 Å². The molecule has 1 heterocycles. The van der Waals surface area contributed by atoms with Gasteiger partial charge in [0.05, 0.1) is 12.2 Å². The molecule has 4 heteroatoms. The molecule has 1 aliphatic carbocycles. The molecular formula is C15H19BrO3. The summed E-state index contributed by atoms with van der Waals surface area (Å²) in [6.45, 7) is 0. The number of ether oxygens (including phenoxy) is 2. The zero-order valence-corrected chi connectivity index (χ0v) is 12.6. The molecule has 0 amide bonds. The molecule has 0 aromatic heterocycles. The Bertz CT molecular complexity index is 466. The summed E-state index contributed by atoms with van der Waals surface area (Å²) < 4.78 is 12.6. The SMILES string of the molecule is COC1CCC2(CC1)C[C@@H](O)c1cc(Br)ccc1O2. The van der Waals surface area contributed by atoms with Crippen molar-refractivity contribution in [3.8, 4) is 5.75 Å². The number of fused-ring (bicyclic) bond motifs is 1. The smallest absolute Gasteiger partial charge is 0.126 e. The highest BCUT2D eigenvalue weighted by Crippen LogP contribution is 2.46. The lowest BCUT2D eigenvalue weighted by Crippen LogP contribution is -2.45. The van der Waals surface area contributed by atoms with Crippen molar-refractivity contribution in [2.75, 3.05) is 7.11 Å². The van der Waals surface area contributed by atoms with Crippen LogP contribution in [-0.2, 0) is 4.74 Å². The van der Waals surface area contributed by atoms with Gasteiger partial charge in [0.15, 0.2) is 0 Å². The van der Waals surface area contributed by atoms with Gasteiger partial charge >= 0.3 is 0 Å². The van der Waals surface area contributed by atoms with Gasteiger partial charge in [-0.25, -0.2) is 0 Å². The third kappa shape index (κ3) is 2.54. The largest absolute Gasteiger partial charge is 0.487 e. The molecule has 0 unspecified atom stereocenters. The molecule has 0 saturated heterocycles. The zero-order valence-electron chi connectivity index (χ0n) is 11.1. The van der Waals surface area contributed by atoms with E-state index in [1.165, 1.54) is 0 Å². The lowest BCUT2D eigenvalue weighted by molar-refractivity contribution is -0.0672. The van der Waals surface area contributed by atoms with Crippen LogP contribution >= 0.6 is 15.9 Å². The van der Waals surface area contributed by atoms with E-state index < -0.39 is 6.10 Å². The van der Waals surface area contributed by atoms with Gasteiger partial charge < -0.3 is 14.6 Å². The number of aliphatic hydroxyl groups excluding tert-OH is 1. The summed E-state index contributed by atoms with van der Waals surface area (Å²) >= 11 is 3.44. The van der Waals surface area contributed by atoms with Gasteiger partial charge in [0.25, 0.3) is 0 Å². The topological polar surface area (TPSA) is 38.7 Å². The molecule has 1 aromatic rings. The fourth-order valence-corrected chi connectivity index (χ4v) is 3.65. The maximum absolute atomic E-state index is 10.4. The van der Waals surface area contributed by atoms with E-state index in [-0.39, 0.29) is 5.60 Å². The van der Waals surface area contributed by atoms with Crippen LogP contribution in [0.15, 0.2) is 22.7 Å². The molecule has 1 saturated carbocycles. The Kier molecular flexibility index (Phi) is 3.58. The number of aliphatic hydroxyl groups is 1. The fourth-order valence-electron chi connectivity index (χ4n) is 3.27. The Morgan fingerprint density at radius 1 is 1.37 bits per heavy atom. The maximum atomic E-state index is 10.4. The number of hydrogen-bond acceptors (Lipinski definition) is 3. The van der Waals surface area contributed by atoms with Gasteiger partial charge in [0, 0.05) is 23.6 Å². The van der Waals surface area contributed by atoms with Crippen LogP contribution in [0.5, 0.6) is 5.75 Å². The minimum Gasteiger partial charge on any atom is -0.487 e. The molecule has 0 bridgehead atoms. The van der Waals surface area contributed by atoms with E-state index in [4.69, 9.17) is 9.47 Å². The van der Waals surface area contributed by atoms with Crippen molar-refractivity contribution >= 4 is 15.9 Å². The Hall–Kier alpha value is -0.580. The lowest BCUT2D eigenvalue weighted by atomic mass is 9.77. The Balaban J connectivity index is 1.83. The summed E-state index contributed by atoms with van der Waals surface area (Å²) in [5, 5.41) is 10.4. The van der Waals surface area contributed by atoms with Crippen LogP contribution in [0.2, 0.25) is 0 Å². The molecule has 1 atom stereocenters. The summed E-state index contributed by atoms with van der Waals surface area (Å²) in [5.41, 5.74) is 0.698. The number of hydrogen-bond donors (Lipinski definition) is 1. The molecule has 3 rings (SSSR count). The van der Waals surface area contributed by atoms with Crippen LogP contribution in [0, 0.1) is 0 Å². The first kappa shape index (κ1) is 13.4. The van der Waals surface area contributed by atoms with E-state index in [0.29, 0.717) is 12.5 Å². The fraction of sp³-hybridized carbons (Fsp3) is 0.600. The molecule has 2 aliphatic rings. The van der Waals surface area contributed by atoms with Gasteiger partial charge in [-0.2, -0.15) is 0 Å². The molecule has 0 radical (unpaired) electrons. The average Bonchev–Trinajstić information content (AvgIpc) is 2.41. The summed E-state index contributed by atoms with van der Waals surface area (Å²) in [6, 6.07) is 5.87. The zero-order chi connectivity index (χ0) is 13.5. The second-order valence-electron chi connectivity index (χ2n) is 5.62. The second kappa shape index (κ2) is 5.08. The lowest BCUT2D eigenvalue weighted by Gasteiger charge is -2.44. The maximum Gasteiger partial charge on any atom is 0.126 e. The number of methoxy groups -OCH3 is 1. The third-order valence-corrected chi connectivity index (χ3v) is 4.89. The van der Waals surface area contributed by atoms with Gasteiger partial charge in [-0.15, -0.1) is 0 Å². The van der Waals surface area contributed by atoms with Crippen LogP contribution in [0.3, 0.4) is 0 Å². The van der Waals surface area contributed by atoms with Crippen LogP contribution in [0.1, 0.15) is 43.8 Å². The Labute approximate surface area is 122 Å². The average molecular weight is 327 g/mol. The molecule has 1 aromatic carbocycles. The van der Waals surface area contributed by atoms with Crippen molar-refractivity contribution in [2.45, 2.75) is 49.9 Å². The summed E-state index contributed by atoms with van der Waals surface area (Å²) in [7, 11) is 1.77. The van der Waals surface area contributed by atoms with Crippen LogP contribution in [0.4, 0.5) is 0 Å². The van der Waals surface area contributed by atoms with E-state index >= 15 is 0 Å². The molecule has 1 N–H and O–H groups in total. The van der Waals surface area contributed by atoms with Crippen molar-refractivity contribution in [2.24, 2.45) is 0 Å². The van der Waals surface area contributed by atoms with E-state index in [2.05, 4.69) is 15.9 Å². The molecule has 3 nitrogen and oxygen atoms in total. The van der Waals surface area contributed by atoms with Crippen LogP contribution in [0.25, 0.3) is 0 Å². The van der Waals surface area contributed by atoms with Crippen molar-refractivity contribution < 1.29 is 14.6 Å². The molecule has 19 heavy (non-hydrogen) atoms. The molecule has 1 spiro atoms. The van der Waals surface area contributed by atoms with Gasteiger partial charge in [-0.1, -0.05) is 15.9 Å². The Morgan fingerprint density at radius 2 is 2.11 bits per heavy atom. The highest BCUT2D eigenvalue weighted by molar-refractivity contribution is 9.10. The first-order chi connectivity index (χ1) is 9.12. The van der Waals surface area contributed by atoms with Crippen molar-refractivity contribution in [3.63, 3.8) is 0 Å². The molecule has 1 fully saturated rings. The standard InChI is InChI=1S/C15H19BrO3/c1-18-11-4-6-15(7-5-11)9-13(17)12-8-10(16)2-3-14(12)19-15/h2-3,8,11,13,17H,4-7,9H2,1H3/t11?,13-,15?/m1/s1. The summed E-state index contributed by atoms with van der Waals surface area (Å²) in [4.78, 5) is 0. The molecule has 104 valence electrons. The second-order valence-corrected chi connectivity index (χ2v) is 6.54. The van der Waals surface area contributed by atoms with E-state index in [1.54, 1.807) is 7.11 Å². The van der Waals surface area contributed by atoms with Crippen molar-refractivity contribution in [1.82, 2.24) is 0 Å². The third-order valence-electron chi connectivity index (χ3n) is 4.40. The highest BCUT2D eigenvalue weighted by Gasteiger charge is 2.43. The minimum atomic E-state index is -0.430. The quantitative estimate of drug-likeness (QED) is 0.857. The summed E-state index contributed by atoms with van der Waals surface area (Å²) in [5.74, 6) is 0.831. The Morgan fingerprint density at radius 3 is 2.79 bits per heavy atom. The number of halogens is 1. The van der Waals surface area contributed by atoms with E-state index in [1.807, 2.05) is 18.2 Å². The first-order valence-electron chi connectivity index (χ1n) is 6.81. The van der Waals surface area contributed by atoms with E-state index in [9.17, 15) is 5.11 Å². The van der Waals surface area contributed by atoms with Gasteiger partial charge in [-0.05, 0) is 43.9 Å². The number of benzene rings is 1. The molecule has 1 aliphatic heterocycles. The van der Waals surface area contributed by atoms with Crippen molar-refractivity contribution in [1.29, 1.82) is 0 Å². The van der Waals surface area contributed by atoms with Crippen LogP contribution in [-0.4, -0.2) is 23.9 Å². The highest BCUT2D eigenvalue weighted by atomic mass is 79.9. The predicted molar refractivity (Wildman–Crippen MR) is 76.3 cm³/mol. The number of rotatable bonds is 1. The van der Waals surface area contributed by atoms with Crippen molar-refractivity contribution in [3.05, 3.63) is 28.2 Å². The molecular weight excluding hydrogens is 308 g/mol. The van der Waals surface area contributed by atoms with Gasteiger partial charge in [0.2, 0.25) is 0 Å². The minimum absolute atomic E-state index is 0.199. The predicted octanol–water partition coefficient (Wildman–Crippen LogP) is 3.59. The first-order valence-corrected chi connectivity index (χ1v) is 7.60. The summed E-state index contributed by atoms with van der Waals surface area (Å²) in [6.07, 6.45) is 4.53. The monoisotopic (exact) mass is 326 g/mol. The van der Waals surface area contributed by atoms with Gasteiger partial charge in [-0.3, -0.25) is 0 Å². The van der Waals surface area contributed by atoms with E-state index in [0.717, 1.165) is 41.5 Å². The van der Waals surface area contributed by atoms with Crippen LogP contribution < -0.4 is 4.74 Å².